The van der Waals surface area contributed by atoms with E-state index in [1.807, 2.05) is 66.7 Å². The monoisotopic (exact) mass is 1050 g/mol. The van der Waals surface area contributed by atoms with Crippen LogP contribution < -0.4 is 39.0 Å². The largest absolute Gasteiger partial charge is 0.493 e. The molecule has 1 unspecified atom stereocenters. The van der Waals surface area contributed by atoms with Crippen molar-refractivity contribution in [2.45, 2.75) is 63.8 Å². The van der Waals surface area contributed by atoms with Crippen molar-refractivity contribution >= 4 is 64.2 Å². The summed E-state index contributed by atoms with van der Waals surface area (Å²) in [6.07, 6.45) is 3.26. The molecule has 0 aliphatic carbocycles. The number of ether oxygens (including phenoxy) is 7. The summed E-state index contributed by atoms with van der Waals surface area (Å²) >= 11 is 0. The fourth-order valence-corrected chi connectivity index (χ4v) is 10.0. The van der Waals surface area contributed by atoms with E-state index in [-0.39, 0.29) is 56.4 Å². The average Bonchev–Trinajstić information content (AvgIpc) is 4.11. The Kier molecular flexibility index (Phi) is 16.0. The first-order valence-corrected chi connectivity index (χ1v) is 25.5. The van der Waals surface area contributed by atoms with Crippen LogP contribution in [0.1, 0.15) is 68.7 Å². The lowest BCUT2D eigenvalue weighted by atomic mass is 10.1. The van der Waals surface area contributed by atoms with E-state index in [0.717, 1.165) is 39.3 Å². The molecule has 5 aromatic carbocycles. The second-order valence-electron chi connectivity index (χ2n) is 18.8. The van der Waals surface area contributed by atoms with Gasteiger partial charge in [-0.05, 0) is 71.1 Å². The first-order chi connectivity index (χ1) is 37.6. The van der Waals surface area contributed by atoms with Crippen LogP contribution in [0.5, 0.6) is 23.0 Å². The SMILES string of the molecule is COCCOCCOCCN(CCCC(=O)ON1C(=O)CCC1=O)c1cc(COc2cc3c(cc2OC)C(=O)N2c4ccccc4C[C@H]2C=N3)cc(COc2cc3c(cc2OC)C(=O)N2c4ccccc4CC2C#CN3)c1. The van der Waals surface area contributed by atoms with Crippen LogP contribution in [0.4, 0.5) is 28.4 Å². The molecule has 1 fully saturated rings. The number of fused-ring (bicyclic) bond motifs is 8. The molecule has 19 nitrogen and oxygen atoms in total. The fourth-order valence-electron chi connectivity index (χ4n) is 10.0. The Balaban J connectivity index is 0.931. The minimum atomic E-state index is -0.710. The van der Waals surface area contributed by atoms with E-state index < -0.39 is 17.8 Å². The summed E-state index contributed by atoms with van der Waals surface area (Å²) in [5.41, 5.74) is 7.66. The highest BCUT2D eigenvalue weighted by atomic mass is 16.7. The highest BCUT2D eigenvalue weighted by Gasteiger charge is 2.38. The van der Waals surface area contributed by atoms with Crippen LogP contribution in [-0.2, 0) is 59.5 Å². The second kappa shape index (κ2) is 23.6. The molecule has 398 valence electrons. The molecule has 0 aromatic heterocycles. The van der Waals surface area contributed by atoms with Crippen molar-refractivity contribution in [3.8, 4) is 35.0 Å². The van der Waals surface area contributed by atoms with Gasteiger partial charge in [0.2, 0.25) is 0 Å². The van der Waals surface area contributed by atoms with Crippen molar-refractivity contribution < 1.29 is 62.0 Å². The zero-order chi connectivity index (χ0) is 53.4. The third-order valence-electron chi connectivity index (χ3n) is 13.8. The molecule has 0 saturated carbocycles. The summed E-state index contributed by atoms with van der Waals surface area (Å²) in [7, 11) is 4.64. The molecule has 5 aromatic rings. The molecule has 0 radical (unpaired) electrons. The van der Waals surface area contributed by atoms with Crippen LogP contribution in [0, 0.1) is 12.0 Å². The molecule has 0 bridgehead atoms. The lowest BCUT2D eigenvalue weighted by molar-refractivity contribution is -0.197. The van der Waals surface area contributed by atoms with Gasteiger partial charge in [0.15, 0.2) is 23.0 Å². The zero-order valence-corrected chi connectivity index (χ0v) is 43.0. The number of nitrogens with zero attached hydrogens (tertiary/aromatic N) is 5. The van der Waals surface area contributed by atoms with E-state index in [2.05, 4.69) is 22.2 Å². The van der Waals surface area contributed by atoms with E-state index >= 15 is 0 Å². The topological polar surface area (TPSA) is 197 Å². The molecule has 10 rings (SSSR count). The Bertz CT molecular complexity index is 3170. The Morgan fingerprint density at radius 1 is 0.688 bits per heavy atom. The quantitative estimate of drug-likeness (QED) is 0.0399. The van der Waals surface area contributed by atoms with E-state index in [9.17, 15) is 24.0 Å². The van der Waals surface area contributed by atoms with Crippen molar-refractivity contribution in [2.24, 2.45) is 4.99 Å². The summed E-state index contributed by atoms with van der Waals surface area (Å²) in [5.74, 6) is 2.40. The van der Waals surface area contributed by atoms with E-state index in [4.69, 9.17) is 43.0 Å². The molecule has 5 heterocycles. The standard InChI is InChI=1S/C58H58N6O13/c1-70-21-22-74-24-23-73-20-19-61(18-8-13-56(67)77-64-54(65)14-15-55(64)66)42-26-37(35-75-52-32-46-44(30-50(52)71-2)57(68)62-41(16-17-59-46)28-39-9-4-6-11-48(39)62)25-38(27-42)36-76-53-33-47-45(31-51(53)72-3)58(69)63-43(34-60-47)29-40-10-5-7-12-49(40)63/h4-7,9-12,25-27,30-34,41,43,59H,8,13-15,18-24,28-29,35-36H2,1-3H3/t41?,43-/m0/s1. The average molecular weight is 1050 g/mol. The van der Waals surface area contributed by atoms with Gasteiger partial charge >= 0.3 is 5.97 Å². The first-order valence-electron chi connectivity index (χ1n) is 25.5. The van der Waals surface area contributed by atoms with Crippen LogP contribution in [0.25, 0.3) is 0 Å². The number of para-hydroxylation sites is 2. The normalized spacial score (nSPS) is 16.6. The predicted octanol–water partition coefficient (Wildman–Crippen LogP) is 6.98. The third-order valence-corrected chi connectivity index (χ3v) is 13.8. The Hall–Kier alpha value is -8.44. The summed E-state index contributed by atoms with van der Waals surface area (Å²) < 4.78 is 41.5. The van der Waals surface area contributed by atoms with Crippen LogP contribution in [0.2, 0.25) is 0 Å². The number of aliphatic imine (C=N–C) groups is 1. The molecule has 2 atom stereocenters. The molecular weight excluding hydrogens is 989 g/mol. The number of methoxy groups -OCH3 is 3. The maximum Gasteiger partial charge on any atom is 0.333 e. The van der Waals surface area contributed by atoms with Crippen LogP contribution >= 0.6 is 0 Å². The van der Waals surface area contributed by atoms with Gasteiger partial charge in [0, 0.05) is 93.8 Å². The number of nitrogens with one attached hydrogen (secondary N) is 1. The van der Waals surface area contributed by atoms with Crippen molar-refractivity contribution in [2.75, 3.05) is 87.5 Å². The predicted molar refractivity (Wildman–Crippen MR) is 284 cm³/mol. The summed E-state index contributed by atoms with van der Waals surface area (Å²) in [6.45, 7) is 2.68. The van der Waals surface area contributed by atoms with Crippen molar-refractivity contribution in [3.05, 3.63) is 124 Å². The van der Waals surface area contributed by atoms with Gasteiger partial charge in [0.25, 0.3) is 23.6 Å². The molecule has 1 N–H and O–H groups in total. The van der Waals surface area contributed by atoms with Gasteiger partial charge in [-0.25, -0.2) is 4.79 Å². The second-order valence-corrected chi connectivity index (χ2v) is 18.8. The minimum absolute atomic E-state index is 0.00995. The number of hydrogen-bond donors (Lipinski definition) is 1. The number of rotatable bonds is 23. The number of benzene rings is 5. The lowest BCUT2D eigenvalue weighted by Gasteiger charge is -2.27. The summed E-state index contributed by atoms with van der Waals surface area (Å²) in [5, 5.41) is 3.68. The van der Waals surface area contributed by atoms with Crippen LogP contribution in [0.3, 0.4) is 0 Å². The van der Waals surface area contributed by atoms with Crippen LogP contribution in [-0.4, -0.2) is 120 Å². The van der Waals surface area contributed by atoms with Gasteiger partial charge < -0.3 is 48.2 Å². The summed E-state index contributed by atoms with van der Waals surface area (Å²) in [6, 6.07) is 30.8. The number of carbonyl (C=O) groups excluding carboxylic acids is 5. The van der Waals surface area contributed by atoms with Crippen LogP contribution in [0.15, 0.2) is 96.0 Å². The number of imide groups is 1. The first kappa shape index (κ1) is 52.0. The minimum Gasteiger partial charge on any atom is -0.493 e. The van der Waals surface area contributed by atoms with Crippen molar-refractivity contribution in [1.82, 2.24) is 5.06 Å². The zero-order valence-electron chi connectivity index (χ0n) is 43.0. The van der Waals surface area contributed by atoms with Gasteiger partial charge in [-0.2, -0.15) is 0 Å². The number of hydrogen-bond acceptors (Lipinski definition) is 16. The molecule has 1 saturated heterocycles. The maximum atomic E-state index is 14.3. The van der Waals surface area contributed by atoms with E-state index in [1.54, 1.807) is 47.4 Å². The fraction of sp³-hybridized carbons (Fsp3) is 0.345. The summed E-state index contributed by atoms with van der Waals surface area (Å²) in [4.78, 5) is 81.4. The number of carbonyl (C=O) groups is 5. The van der Waals surface area contributed by atoms with Crippen molar-refractivity contribution in [1.29, 1.82) is 0 Å². The Labute approximate surface area is 445 Å². The molecule has 77 heavy (non-hydrogen) atoms. The van der Waals surface area contributed by atoms with E-state index in [1.165, 1.54) is 14.2 Å². The van der Waals surface area contributed by atoms with Gasteiger partial charge in [0.05, 0.1) is 75.8 Å². The maximum absolute atomic E-state index is 14.3. The highest BCUT2D eigenvalue weighted by molar-refractivity contribution is 6.15. The third kappa shape index (κ3) is 11.4. The van der Waals surface area contributed by atoms with Crippen molar-refractivity contribution in [3.63, 3.8) is 0 Å². The van der Waals surface area contributed by atoms with Gasteiger partial charge in [0.1, 0.15) is 19.3 Å². The smallest absolute Gasteiger partial charge is 0.333 e. The molecule has 5 aliphatic heterocycles. The molecule has 4 amide bonds. The Morgan fingerprint density at radius 2 is 1.31 bits per heavy atom. The molecular formula is C58H58N6O13. The van der Waals surface area contributed by atoms with Gasteiger partial charge in [-0.15, -0.1) is 5.06 Å². The Morgan fingerprint density at radius 3 is 2.01 bits per heavy atom. The molecule has 5 aliphatic rings. The lowest BCUT2D eigenvalue weighted by Crippen LogP contribution is -2.38. The highest BCUT2D eigenvalue weighted by Crippen LogP contribution is 2.42. The van der Waals surface area contributed by atoms with Gasteiger partial charge in [-0.1, -0.05) is 42.3 Å². The number of hydroxylamine groups is 2. The number of anilines is 4. The van der Waals surface area contributed by atoms with Gasteiger partial charge in [-0.3, -0.25) is 34.0 Å². The number of amides is 4. The van der Waals surface area contributed by atoms with E-state index in [0.29, 0.717) is 116 Å². The molecule has 19 heteroatoms. The molecule has 0 spiro atoms.